The topological polar surface area (TPSA) is 99.5 Å². The Morgan fingerprint density at radius 2 is 2.00 bits per heavy atom. The summed E-state index contributed by atoms with van der Waals surface area (Å²) >= 11 is 0. The van der Waals surface area contributed by atoms with Crippen molar-refractivity contribution in [2.75, 3.05) is 26.7 Å². The van der Waals surface area contributed by atoms with Crippen LogP contribution >= 0.6 is 0 Å². The normalized spacial score (nSPS) is 15.0. The lowest BCUT2D eigenvalue weighted by molar-refractivity contribution is -0.384. The number of nitro groups is 1. The third kappa shape index (κ3) is 4.28. The lowest BCUT2D eigenvalue weighted by Gasteiger charge is -2.24. The number of likely N-dealkylation sites (tertiary alicyclic amines) is 1. The van der Waals surface area contributed by atoms with Gasteiger partial charge in [-0.15, -0.1) is 0 Å². The van der Waals surface area contributed by atoms with E-state index in [1.54, 1.807) is 30.3 Å². The van der Waals surface area contributed by atoms with Crippen molar-refractivity contribution >= 4 is 17.4 Å². The predicted octanol–water partition coefficient (Wildman–Crippen LogP) is 3.03. The van der Waals surface area contributed by atoms with Crippen molar-refractivity contribution < 1.29 is 14.5 Å². The van der Waals surface area contributed by atoms with E-state index in [1.165, 1.54) is 12.1 Å². The number of aromatic nitrogens is 1. The number of H-pyrrole nitrogens is 1. The number of benzene rings is 1. The van der Waals surface area contributed by atoms with Gasteiger partial charge in [0.1, 0.15) is 5.69 Å². The molecule has 0 saturated carbocycles. The second-order valence-electron chi connectivity index (χ2n) is 7.17. The van der Waals surface area contributed by atoms with Gasteiger partial charge in [-0.3, -0.25) is 24.6 Å². The van der Waals surface area contributed by atoms with E-state index in [1.807, 2.05) is 17.9 Å². The van der Waals surface area contributed by atoms with Crippen molar-refractivity contribution in [2.45, 2.75) is 25.8 Å². The third-order valence-electron chi connectivity index (χ3n) is 5.25. The molecule has 1 unspecified atom stereocenters. The number of amides is 1. The molecule has 2 heterocycles. The maximum atomic E-state index is 12.6. The number of nitrogens with one attached hydrogen (secondary N) is 1. The molecule has 1 aliphatic rings. The molecule has 2 aromatic rings. The Morgan fingerprint density at radius 1 is 1.29 bits per heavy atom. The number of hydrogen-bond donors (Lipinski definition) is 1. The van der Waals surface area contributed by atoms with Crippen LogP contribution in [0.4, 0.5) is 5.69 Å². The van der Waals surface area contributed by atoms with Crippen LogP contribution in [-0.2, 0) is 0 Å². The van der Waals surface area contributed by atoms with Gasteiger partial charge < -0.3 is 9.88 Å². The van der Waals surface area contributed by atoms with Gasteiger partial charge in [-0.05, 0) is 38.4 Å². The molecule has 1 aromatic carbocycles. The zero-order valence-electron chi connectivity index (χ0n) is 16.1. The average molecular weight is 384 g/mol. The Bertz CT molecular complexity index is 886. The summed E-state index contributed by atoms with van der Waals surface area (Å²) in [4.78, 5) is 42.1. The number of ketones is 1. The molecule has 1 amide bonds. The monoisotopic (exact) mass is 384 g/mol. The predicted molar refractivity (Wildman–Crippen MR) is 104 cm³/mol. The number of non-ortho nitro benzene ring substituents is 1. The first-order chi connectivity index (χ1) is 13.4. The minimum absolute atomic E-state index is 0.0276. The number of nitrogens with zero attached hydrogens (tertiary/aromatic N) is 3. The zero-order chi connectivity index (χ0) is 20.3. The summed E-state index contributed by atoms with van der Waals surface area (Å²) in [6, 6.07) is 7.85. The Morgan fingerprint density at radius 3 is 2.68 bits per heavy atom. The van der Waals surface area contributed by atoms with Crippen LogP contribution in [0.3, 0.4) is 0 Å². The number of nitro benzene ring substituents is 1. The van der Waals surface area contributed by atoms with Crippen molar-refractivity contribution in [1.82, 2.24) is 14.8 Å². The molecule has 8 nitrogen and oxygen atoms in total. The van der Waals surface area contributed by atoms with Crippen LogP contribution in [-0.4, -0.2) is 58.1 Å². The van der Waals surface area contributed by atoms with E-state index in [2.05, 4.69) is 4.98 Å². The van der Waals surface area contributed by atoms with Crippen molar-refractivity contribution in [1.29, 1.82) is 0 Å². The lowest BCUT2D eigenvalue weighted by Crippen LogP contribution is -2.29. The molecule has 1 aromatic heterocycles. The SMILES string of the molecule is CC(c1cccc([N+](=O)[O-])c1)N(C)CC(=O)c1c[nH]c(C(=O)N2CCCC2)c1. The fraction of sp³-hybridized carbons (Fsp3) is 0.400. The second-order valence-corrected chi connectivity index (χ2v) is 7.17. The quantitative estimate of drug-likeness (QED) is 0.449. The van der Waals surface area contributed by atoms with E-state index >= 15 is 0 Å². The molecule has 8 heteroatoms. The van der Waals surface area contributed by atoms with Crippen LogP contribution in [0.15, 0.2) is 36.5 Å². The highest BCUT2D eigenvalue weighted by Crippen LogP contribution is 2.23. The van der Waals surface area contributed by atoms with Crippen molar-refractivity contribution in [3.8, 4) is 0 Å². The first-order valence-electron chi connectivity index (χ1n) is 9.32. The van der Waals surface area contributed by atoms with Gasteiger partial charge in [0.05, 0.1) is 11.5 Å². The fourth-order valence-corrected chi connectivity index (χ4v) is 3.38. The van der Waals surface area contributed by atoms with E-state index in [-0.39, 0.29) is 30.0 Å². The molecular formula is C20H24N4O4. The maximum absolute atomic E-state index is 12.6. The van der Waals surface area contributed by atoms with Gasteiger partial charge in [0.15, 0.2) is 5.78 Å². The number of hydrogen-bond acceptors (Lipinski definition) is 5. The number of carbonyl (C=O) groups is 2. The highest BCUT2D eigenvalue weighted by molar-refractivity contribution is 6.01. The van der Waals surface area contributed by atoms with Crippen molar-refractivity contribution in [2.24, 2.45) is 0 Å². The van der Waals surface area contributed by atoms with Gasteiger partial charge in [0.2, 0.25) is 0 Å². The van der Waals surface area contributed by atoms with Crippen LogP contribution in [0, 0.1) is 10.1 Å². The number of likely N-dealkylation sites (N-methyl/N-ethyl adjacent to an activating group) is 1. The van der Waals surface area contributed by atoms with E-state index in [0.717, 1.165) is 31.5 Å². The minimum Gasteiger partial charge on any atom is -0.356 e. The van der Waals surface area contributed by atoms with Crippen molar-refractivity contribution in [3.63, 3.8) is 0 Å². The summed E-state index contributed by atoms with van der Waals surface area (Å²) in [5.41, 5.74) is 1.68. The molecule has 1 atom stereocenters. The molecule has 1 saturated heterocycles. The molecule has 3 rings (SSSR count). The van der Waals surface area contributed by atoms with Gasteiger partial charge in [-0.1, -0.05) is 12.1 Å². The Kier molecular flexibility index (Phi) is 5.89. The standard InChI is InChI=1S/C20H24N4O4/c1-14(15-6-5-7-17(10-15)24(27)28)22(2)13-19(25)16-11-18(21-12-16)20(26)23-8-3-4-9-23/h5-7,10-12,14,21H,3-4,8-9,13H2,1-2H3. The Labute approximate surface area is 163 Å². The fourth-order valence-electron chi connectivity index (χ4n) is 3.38. The highest BCUT2D eigenvalue weighted by Gasteiger charge is 2.23. The van der Waals surface area contributed by atoms with Crippen LogP contribution in [0.2, 0.25) is 0 Å². The van der Waals surface area contributed by atoms with Gasteiger partial charge in [0.25, 0.3) is 11.6 Å². The van der Waals surface area contributed by atoms with Crippen LogP contribution in [0.1, 0.15) is 52.2 Å². The summed E-state index contributed by atoms with van der Waals surface area (Å²) in [6.07, 6.45) is 3.59. The van der Waals surface area contributed by atoms with Crippen LogP contribution < -0.4 is 0 Å². The summed E-state index contributed by atoms with van der Waals surface area (Å²) in [7, 11) is 1.80. The van der Waals surface area contributed by atoms with E-state index < -0.39 is 4.92 Å². The molecule has 148 valence electrons. The Hall–Kier alpha value is -3.00. The number of rotatable bonds is 7. The molecule has 28 heavy (non-hydrogen) atoms. The zero-order valence-corrected chi connectivity index (χ0v) is 16.1. The molecule has 0 bridgehead atoms. The Balaban J connectivity index is 1.64. The molecule has 0 aliphatic carbocycles. The van der Waals surface area contributed by atoms with Gasteiger partial charge >= 0.3 is 0 Å². The van der Waals surface area contributed by atoms with Crippen molar-refractivity contribution in [3.05, 3.63) is 63.5 Å². The largest absolute Gasteiger partial charge is 0.356 e. The van der Waals surface area contributed by atoms with Gasteiger partial charge in [-0.2, -0.15) is 0 Å². The molecule has 1 N–H and O–H groups in total. The van der Waals surface area contributed by atoms with E-state index in [9.17, 15) is 19.7 Å². The highest BCUT2D eigenvalue weighted by atomic mass is 16.6. The number of aromatic amines is 1. The molecule has 0 radical (unpaired) electrons. The lowest BCUT2D eigenvalue weighted by atomic mass is 10.1. The summed E-state index contributed by atoms with van der Waals surface area (Å²) in [5.74, 6) is -0.189. The number of Topliss-reactive ketones (excluding diaryl/α,β-unsaturated/α-hetero) is 1. The summed E-state index contributed by atoms with van der Waals surface area (Å²) in [6.45, 7) is 3.54. The van der Waals surface area contributed by atoms with Gasteiger partial charge in [0, 0.05) is 43.0 Å². The maximum Gasteiger partial charge on any atom is 0.270 e. The van der Waals surface area contributed by atoms with E-state index in [4.69, 9.17) is 0 Å². The van der Waals surface area contributed by atoms with E-state index in [0.29, 0.717) is 11.3 Å². The molecule has 1 aliphatic heterocycles. The first-order valence-corrected chi connectivity index (χ1v) is 9.32. The average Bonchev–Trinajstić information content (AvgIpc) is 3.39. The minimum atomic E-state index is -0.430. The summed E-state index contributed by atoms with van der Waals surface area (Å²) < 4.78 is 0. The van der Waals surface area contributed by atoms with Gasteiger partial charge in [-0.25, -0.2) is 0 Å². The second kappa shape index (κ2) is 8.35. The summed E-state index contributed by atoms with van der Waals surface area (Å²) in [5, 5.41) is 11.0. The molecular weight excluding hydrogens is 360 g/mol. The number of carbonyl (C=O) groups excluding carboxylic acids is 2. The van der Waals surface area contributed by atoms with Crippen LogP contribution in [0.5, 0.6) is 0 Å². The molecule has 1 fully saturated rings. The van der Waals surface area contributed by atoms with Crippen LogP contribution in [0.25, 0.3) is 0 Å². The third-order valence-corrected chi connectivity index (χ3v) is 5.25. The first kappa shape index (κ1) is 19.8. The molecule has 0 spiro atoms. The smallest absolute Gasteiger partial charge is 0.270 e.